The fourth-order valence-electron chi connectivity index (χ4n) is 3.02. The van der Waals surface area contributed by atoms with Crippen LogP contribution in [-0.2, 0) is 4.79 Å². The highest BCUT2D eigenvalue weighted by Crippen LogP contribution is 2.21. The third kappa shape index (κ3) is 4.06. The molecule has 0 aliphatic carbocycles. The van der Waals surface area contributed by atoms with E-state index in [1.165, 1.54) is 0 Å². The number of benzene rings is 1. The number of hydrogen-bond donors (Lipinski definition) is 3. The Hall–Kier alpha value is -1.53. The molecule has 0 bridgehead atoms. The van der Waals surface area contributed by atoms with Gasteiger partial charge in [-0.3, -0.25) is 4.79 Å². The first kappa shape index (κ1) is 16.3. The zero-order chi connectivity index (χ0) is 16.1. The number of H-pyrrole nitrogens is 1. The maximum absolute atomic E-state index is 12.6. The summed E-state index contributed by atoms with van der Waals surface area (Å²) in [5.74, 6) is 2.07. The summed E-state index contributed by atoms with van der Waals surface area (Å²) in [6, 6.07) is 7.94. The average Bonchev–Trinajstić information content (AvgIpc) is 3.03. The Morgan fingerprint density at radius 3 is 3.09 bits per heavy atom. The van der Waals surface area contributed by atoms with E-state index in [2.05, 4.69) is 26.9 Å². The van der Waals surface area contributed by atoms with E-state index >= 15 is 0 Å². The maximum atomic E-state index is 12.6. The maximum Gasteiger partial charge on any atom is 0.224 e. The van der Waals surface area contributed by atoms with Crippen molar-refractivity contribution in [3.8, 4) is 0 Å². The van der Waals surface area contributed by atoms with Crippen LogP contribution < -0.4 is 10.6 Å². The quantitative estimate of drug-likeness (QED) is 0.760. The molecule has 1 aliphatic heterocycles. The number of nitrogens with one attached hydrogen (secondary N) is 3. The van der Waals surface area contributed by atoms with E-state index in [1.807, 2.05) is 24.3 Å². The van der Waals surface area contributed by atoms with E-state index in [0.29, 0.717) is 0 Å². The molecule has 5 nitrogen and oxygen atoms in total. The molecule has 124 valence electrons. The van der Waals surface area contributed by atoms with Crippen LogP contribution in [0, 0.1) is 5.92 Å². The van der Waals surface area contributed by atoms with Gasteiger partial charge < -0.3 is 15.6 Å². The minimum Gasteiger partial charge on any atom is -0.346 e. The number of hydrogen-bond acceptors (Lipinski definition) is 4. The molecular weight excluding hydrogens is 308 g/mol. The fourth-order valence-corrected chi connectivity index (χ4v) is 3.49. The number of thioether (sulfide) groups is 1. The number of fused-ring (bicyclic) bond motifs is 1. The van der Waals surface area contributed by atoms with Crippen molar-refractivity contribution >= 4 is 28.7 Å². The Balaban J connectivity index is 1.75. The second kappa shape index (κ2) is 7.84. The average molecular weight is 332 g/mol. The lowest BCUT2D eigenvalue weighted by Crippen LogP contribution is -2.42. The lowest BCUT2D eigenvalue weighted by molar-refractivity contribution is -0.126. The number of carbonyl (C=O) groups is 1. The Bertz CT molecular complexity index is 618. The molecular formula is C17H24N4OS. The number of nitrogens with zero attached hydrogens (tertiary/aromatic N) is 1. The minimum absolute atomic E-state index is 0.0516. The van der Waals surface area contributed by atoms with Gasteiger partial charge in [0.25, 0.3) is 0 Å². The molecule has 0 spiro atoms. The van der Waals surface area contributed by atoms with Gasteiger partial charge >= 0.3 is 0 Å². The van der Waals surface area contributed by atoms with Crippen LogP contribution in [-0.4, -0.2) is 41.0 Å². The number of aromatic amines is 1. The molecule has 0 saturated carbocycles. The predicted molar refractivity (Wildman–Crippen MR) is 95.6 cm³/mol. The summed E-state index contributed by atoms with van der Waals surface area (Å²) in [5, 5.41) is 6.52. The molecule has 1 amide bonds. The normalized spacial score (nSPS) is 19.6. The molecule has 1 aliphatic rings. The van der Waals surface area contributed by atoms with E-state index < -0.39 is 0 Å². The zero-order valence-corrected chi connectivity index (χ0v) is 14.3. The largest absolute Gasteiger partial charge is 0.346 e. The lowest BCUT2D eigenvalue weighted by atomic mass is 9.98. The summed E-state index contributed by atoms with van der Waals surface area (Å²) in [5.41, 5.74) is 1.97. The standard InChI is InChI=1S/C17H24N4OS/c1-23-10-8-15(21-17(22)12-5-4-9-18-11-12)16-19-13-6-2-3-7-14(13)20-16/h2-3,6-7,12,15,18H,4-5,8-11H2,1H3,(H,19,20)(H,21,22). The third-order valence-corrected chi connectivity index (χ3v) is 4.98. The predicted octanol–water partition coefficient (Wildman–Crippen LogP) is 2.47. The first-order valence-corrected chi connectivity index (χ1v) is 9.62. The van der Waals surface area contributed by atoms with Crippen LogP contribution in [0.15, 0.2) is 24.3 Å². The van der Waals surface area contributed by atoms with Crippen LogP contribution >= 0.6 is 11.8 Å². The van der Waals surface area contributed by atoms with Crippen molar-refractivity contribution in [3.63, 3.8) is 0 Å². The number of para-hydroxylation sites is 2. The zero-order valence-electron chi connectivity index (χ0n) is 13.5. The van der Waals surface area contributed by atoms with Gasteiger partial charge in [-0.15, -0.1) is 0 Å². The van der Waals surface area contributed by atoms with E-state index in [1.54, 1.807) is 11.8 Å². The first-order chi connectivity index (χ1) is 11.3. The van der Waals surface area contributed by atoms with Gasteiger partial charge in [-0.2, -0.15) is 11.8 Å². The van der Waals surface area contributed by atoms with E-state index in [4.69, 9.17) is 0 Å². The second-order valence-electron chi connectivity index (χ2n) is 6.03. The van der Waals surface area contributed by atoms with Gasteiger partial charge in [-0.05, 0) is 49.9 Å². The van der Waals surface area contributed by atoms with Gasteiger partial charge in [0.1, 0.15) is 5.82 Å². The lowest BCUT2D eigenvalue weighted by Gasteiger charge is -2.24. The molecule has 6 heteroatoms. The molecule has 1 aromatic heterocycles. The monoisotopic (exact) mass is 332 g/mol. The number of carbonyl (C=O) groups excluding carboxylic acids is 1. The second-order valence-corrected chi connectivity index (χ2v) is 7.01. The summed E-state index contributed by atoms with van der Waals surface area (Å²) in [4.78, 5) is 20.6. The number of rotatable bonds is 6. The summed E-state index contributed by atoms with van der Waals surface area (Å²) in [7, 11) is 0. The van der Waals surface area contributed by atoms with Crippen molar-refractivity contribution < 1.29 is 4.79 Å². The summed E-state index contributed by atoms with van der Waals surface area (Å²) >= 11 is 1.79. The third-order valence-electron chi connectivity index (χ3n) is 4.33. The van der Waals surface area contributed by atoms with Gasteiger partial charge in [0, 0.05) is 6.54 Å². The van der Waals surface area contributed by atoms with Crippen LogP contribution in [0.3, 0.4) is 0 Å². The molecule has 1 aromatic carbocycles. The number of piperidine rings is 1. The Kier molecular flexibility index (Phi) is 5.56. The van der Waals surface area contributed by atoms with Crippen molar-refractivity contribution in [1.82, 2.24) is 20.6 Å². The van der Waals surface area contributed by atoms with Crippen molar-refractivity contribution in [2.75, 3.05) is 25.1 Å². The molecule has 2 atom stereocenters. The van der Waals surface area contributed by atoms with Crippen molar-refractivity contribution in [2.45, 2.75) is 25.3 Å². The van der Waals surface area contributed by atoms with Gasteiger partial charge in [0.2, 0.25) is 5.91 Å². The van der Waals surface area contributed by atoms with Gasteiger partial charge in [-0.25, -0.2) is 4.98 Å². The molecule has 1 saturated heterocycles. The number of amides is 1. The van der Waals surface area contributed by atoms with Crippen LogP contribution in [0.1, 0.15) is 31.1 Å². The molecule has 1 fully saturated rings. The van der Waals surface area contributed by atoms with Gasteiger partial charge in [0.15, 0.2) is 0 Å². The fraction of sp³-hybridized carbons (Fsp3) is 0.529. The van der Waals surface area contributed by atoms with Crippen LogP contribution in [0.4, 0.5) is 0 Å². The van der Waals surface area contributed by atoms with Crippen molar-refractivity contribution in [2.24, 2.45) is 5.92 Å². The van der Waals surface area contributed by atoms with E-state index in [0.717, 1.165) is 55.0 Å². The van der Waals surface area contributed by atoms with Gasteiger partial charge in [0.05, 0.1) is 23.0 Å². The minimum atomic E-state index is -0.0516. The van der Waals surface area contributed by atoms with Crippen LogP contribution in [0.5, 0.6) is 0 Å². The van der Waals surface area contributed by atoms with Crippen molar-refractivity contribution in [1.29, 1.82) is 0 Å². The summed E-state index contributed by atoms with van der Waals surface area (Å²) in [6.45, 7) is 1.80. The molecule has 3 N–H and O–H groups in total. The highest BCUT2D eigenvalue weighted by molar-refractivity contribution is 7.98. The number of aromatic nitrogens is 2. The van der Waals surface area contributed by atoms with Crippen molar-refractivity contribution in [3.05, 3.63) is 30.1 Å². The highest BCUT2D eigenvalue weighted by Gasteiger charge is 2.25. The smallest absolute Gasteiger partial charge is 0.224 e. The molecule has 2 unspecified atom stereocenters. The molecule has 2 heterocycles. The van der Waals surface area contributed by atoms with Gasteiger partial charge in [-0.1, -0.05) is 12.1 Å². The Morgan fingerprint density at radius 1 is 1.48 bits per heavy atom. The molecule has 3 rings (SSSR count). The molecule has 2 aromatic rings. The van der Waals surface area contributed by atoms with E-state index in [-0.39, 0.29) is 17.9 Å². The summed E-state index contributed by atoms with van der Waals surface area (Å²) < 4.78 is 0. The molecule has 0 radical (unpaired) electrons. The Morgan fingerprint density at radius 2 is 2.35 bits per heavy atom. The van der Waals surface area contributed by atoms with Crippen LogP contribution in [0.2, 0.25) is 0 Å². The summed E-state index contributed by atoms with van der Waals surface area (Å²) in [6.07, 6.45) is 5.00. The number of imidazole rings is 1. The van der Waals surface area contributed by atoms with E-state index in [9.17, 15) is 4.79 Å². The first-order valence-electron chi connectivity index (χ1n) is 8.22. The Labute approximate surface area is 141 Å². The van der Waals surface area contributed by atoms with Crippen LogP contribution in [0.25, 0.3) is 11.0 Å². The topological polar surface area (TPSA) is 69.8 Å². The highest BCUT2D eigenvalue weighted by atomic mass is 32.2. The SMILES string of the molecule is CSCCC(NC(=O)C1CCCNC1)c1nc2ccccc2[nH]1. The molecule has 23 heavy (non-hydrogen) atoms.